The number of para-hydroxylation sites is 1. The first-order valence-electron chi connectivity index (χ1n) is 7.25. The normalized spacial score (nSPS) is 20.0. The van der Waals surface area contributed by atoms with E-state index >= 15 is 0 Å². The van der Waals surface area contributed by atoms with Crippen molar-refractivity contribution in [1.29, 1.82) is 0 Å². The van der Waals surface area contributed by atoms with E-state index in [2.05, 4.69) is 5.32 Å². The fourth-order valence-corrected chi connectivity index (χ4v) is 4.11. The van der Waals surface area contributed by atoms with Gasteiger partial charge in [0.1, 0.15) is 6.17 Å². The summed E-state index contributed by atoms with van der Waals surface area (Å²) in [6.45, 7) is 0.354. The highest BCUT2D eigenvalue weighted by Crippen LogP contribution is 2.42. The highest BCUT2D eigenvalue weighted by atomic mass is 32.1. The monoisotopic (exact) mass is 352 g/mol. The predicted octanol–water partition coefficient (Wildman–Crippen LogP) is 3.60. The third-order valence-electron chi connectivity index (χ3n) is 4.24. The van der Waals surface area contributed by atoms with Crippen LogP contribution in [0.4, 0.5) is 18.9 Å². The quantitative estimate of drug-likeness (QED) is 0.853. The summed E-state index contributed by atoms with van der Waals surface area (Å²) in [5, 5.41) is 3.79. The molecule has 4 rings (SSSR count). The number of alkyl halides is 3. The maximum absolute atomic E-state index is 12.9. The van der Waals surface area contributed by atoms with Gasteiger partial charge in [-0.25, -0.2) is 0 Å². The Hall–Kier alpha value is -2.35. The smallest absolute Gasteiger partial charge is 0.345 e. The van der Waals surface area contributed by atoms with Gasteiger partial charge in [-0.15, -0.1) is 11.3 Å². The second-order valence-corrected chi connectivity index (χ2v) is 6.62. The van der Waals surface area contributed by atoms with E-state index in [4.69, 9.17) is 0 Å². The van der Waals surface area contributed by atoms with Crippen molar-refractivity contribution >= 4 is 28.7 Å². The molecular formula is C16H11F3N2O2S. The number of Topliss-reactive ketones (excluding diaryl/α,β-unsaturated/α-hetero) is 1. The van der Waals surface area contributed by atoms with Crippen LogP contribution in [0.5, 0.6) is 0 Å². The molecule has 0 fully saturated rings. The number of benzene rings is 1. The average Bonchev–Trinajstić information content (AvgIpc) is 3.03. The van der Waals surface area contributed by atoms with Crippen molar-refractivity contribution in [3.63, 3.8) is 0 Å². The number of carbonyl (C=O) groups is 2. The zero-order chi connectivity index (χ0) is 17.1. The second kappa shape index (κ2) is 5.07. The lowest BCUT2D eigenvalue weighted by molar-refractivity contribution is -0.137. The van der Waals surface area contributed by atoms with E-state index < -0.39 is 17.9 Å². The Kier molecular flexibility index (Phi) is 3.21. The molecule has 1 amide bonds. The summed E-state index contributed by atoms with van der Waals surface area (Å²) in [6.07, 6.45) is -4.85. The summed E-state index contributed by atoms with van der Waals surface area (Å²) in [6, 6.07) is 5.96. The van der Waals surface area contributed by atoms with Crippen molar-refractivity contribution in [3.8, 4) is 0 Å². The van der Waals surface area contributed by atoms with Gasteiger partial charge < -0.3 is 10.2 Å². The van der Waals surface area contributed by atoms with E-state index in [1.807, 2.05) is 0 Å². The van der Waals surface area contributed by atoms with Gasteiger partial charge in [0.15, 0.2) is 5.78 Å². The Morgan fingerprint density at radius 3 is 2.67 bits per heavy atom. The lowest BCUT2D eigenvalue weighted by Crippen LogP contribution is -2.49. The van der Waals surface area contributed by atoms with E-state index in [0.29, 0.717) is 28.2 Å². The molecule has 2 aliphatic heterocycles. The Balaban J connectivity index is 1.81. The number of ketones is 1. The minimum absolute atomic E-state index is 0.0567. The first kappa shape index (κ1) is 15.2. The van der Waals surface area contributed by atoms with Gasteiger partial charge in [0, 0.05) is 28.8 Å². The number of thiophene rings is 1. The van der Waals surface area contributed by atoms with Gasteiger partial charge in [-0.1, -0.05) is 6.07 Å². The van der Waals surface area contributed by atoms with E-state index in [1.165, 1.54) is 0 Å². The molecule has 24 heavy (non-hydrogen) atoms. The van der Waals surface area contributed by atoms with Gasteiger partial charge in [0.25, 0.3) is 5.91 Å². The number of halogens is 3. The van der Waals surface area contributed by atoms with Gasteiger partial charge in [-0.05, 0) is 18.2 Å². The molecule has 0 saturated heterocycles. The van der Waals surface area contributed by atoms with Gasteiger partial charge in [0.2, 0.25) is 0 Å². The molecule has 2 aliphatic rings. The molecule has 124 valence electrons. The third kappa shape index (κ3) is 2.21. The van der Waals surface area contributed by atoms with Crippen LogP contribution in [-0.4, -0.2) is 18.2 Å². The topological polar surface area (TPSA) is 49.4 Å². The lowest BCUT2D eigenvalue weighted by atomic mass is 9.93. The molecule has 1 aromatic heterocycles. The van der Waals surface area contributed by atoms with Crippen LogP contribution in [0.1, 0.15) is 43.7 Å². The van der Waals surface area contributed by atoms with Crippen molar-refractivity contribution < 1.29 is 22.8 Å². The van der Waals surface area contributed by atoms with Crippen LogP contribution in [0, 0.1) is 0 Å². The summed E-state index contributed by atoms with van der Waals surface area (Å²) in [5.74, 6) is -0.441. The van der Waals surface area contributed by atoms with Crippen molar-refractivity contribution in [2.45, 2.75) is 18.8 Å². The maximum atomic E-state index is 12.9. The number of carbonyl (C=O) groups excluding carboxylic acids is 2. The van der Waals surface area contributed by atoms with Gasteiger partial charge >= 0.3 is 6.18 Å². The molecule has 1 atom stereocenters. The van der Waals surface area contributed by atoms with E-state index in [0.717, 1.165) is 22.8 Å². The molecule has 0 spiro atoms. The Morgan fingerprint density at radius 1 is 1.21 bits per heavy atom. The minimum atomic E-state index is -4.42. The minimum Gasteiger partial charge on any atom is -0.345 e. The Bertz CT molecular complexity index is 845. The summed E-state index contributed by atoms with van der Waals surface area (Å²) in [5.41, 5.74) is 0.615. The summed E-state index contributed by atoms with van der Waals surface area (Å²) in [7, 11) is 0. The van der Waals surface area contributed by atoms with Crippen molar-refractivity contribution in [2.75, 3.05) is 11.4 Å². The Morgan fingerprint density at radius 2 is 1.96 bits per heavy atom. The largest absolute Gasteiger partial charge is 0.417 e. The molecule has 2 aromatic rings. The fourth-order valence-electron chi connectivity index (χ4n) is 3.14. The number of hydrogen-bond acceptors (Lipinski definition) is 4. The molecule has 0 radical (unpaired) electrons. The average molecular weight is 352 g/mol. The molecule has 0 saturated carbocycles. The zero-order valence-electron chi connectivity index (χ0n) is 12.2. The summed E-state index contributed by atoms with van der Waals surface area (Å²) >= 11 is 0.948. The van der Waals surface area contributed by atoms with Crippen LogP contribution in [0.3, 0.4) is 0 Å². The second-order valence-electron chi connectivity index (χ2n) is 5.68. The highest BCUT2D eigenvalue weighted by molar-refractivity contribution is 7.10. The predicted molar refractivity (Wildman–Crippen MR) is 82.3 cm³/mol. The highest BCUT2D eigenvalue weighted by Gasteiger charge is 2.39. The van der Waals surface area contributed by atoms with Crippen molar-refractivity contribution in [2.24, 2.45) is 0 Å². The van der Waals surface area contributed by atoms with E-state index in [1.54, 1.807) is 23.1 Å². The standard InChI is InChI=1S/C16H11F3N2O2S/c17-16(18,19)8-6-12(24-7-8)14-20-15(23)10-3-1-2-9-11(22)4-5-21(14)13(9)10/h1-3,6-7,14H,4-5H2,(H,20,23). The van der Waals surface area contributed by atoms with Crippen LogP contribution in [0.2, 0.25) is 0 Å². The number of rotatable bonds is 1. The number of hydrogen-bond donors (Lipinski definition) is 1. The lowest BCUT2D eigenvalue weighted by Gasteiger charge is -2.41. The van der Waals surface area contributed by atoms with Crippen molar-refractivity contribution in [3.05, 3.63) is 51.2 Å². The maximum Gasteiger partial charge on any atom is 0.417 e. The molecule has 1 N–H and O–H groups in total. The molecule has 0 aliphatic carbocycles. The molecule has 0 bridgehead atoms. The SMILES string of the molecule is O=C1CCN2c3c1cccc3C(=O)NC2c1cc(C(F)(F)F)cs1. The number of nitrogens with one attached hydrogen (secondary N) is 1. The van der Waals surface area contributed by atoms with Crippen LogP contribution in [0.25, 0.3) is 0 Å². The summed E-state index contributed by atoms with van der Waals surface area (Å²) < 4.78 is 38.6. The molecule has 3 heterocycles. The van der Waals surface area contributed by atoms with Crippen LogP contribution in [0.15, 0.2) is 29.6 Å². The number of amides is 1. The molecular weight excluding hydrogens is 341 g/mol. The fraction of sp³-hybridized carbons (Fsp3) is 0.250. The van der Waals surface area contributed by atoms with E-state index in [-0.39, 0.29) is 18.1 Å². The van der Waals surface area contributed by atoms with Crippen molar-refractivity contribution in [1.82, 2.24) is 5.32 Å². The first-order chi connectivity index (χ1) is 11.4. The summed E-state index contributed by atoms with van der Waals surface area (Å²) in [4.78, 5) is 26.7. The number of nitrogens with zero attached hydrogens (tertiary/aromatic N) is 1. The van der Waals surface area contributed by atoms with Crippen LogP contribution in [-0.2, 0) is 6.18 Å². The van der Waals surface area contributed by atoms with Crippen LogP contribution >= 0.6 is 11.3 Å². The Labute approximate surface area is 138 Å². The molecule has 1 unspecified atom stereocenters. The van der Waals surface area contributed by atoms with Gasteiger partial charge in [-0.2, -0.15) is 13.2 Å². The van der Waals surface area contributed by atoms with Gasteiger partial charge in [0.05, 0.1) is 16.8 Å². The third-order valence-corrected chi connectivity index (χ3v) is 5.23. The van der Waals surface area contributed by atoms with Gasteiger partial charge in [-0.3, -0.25) is 9.59 Å². The molecule has 4 nitrogen and oxygen atoms in total. The zero-order valence-corrected chi connectivity index (χ0v) is 13.0. The van der Waals surface area contributed by atoms with Crippen LogP contribution < -0.4 is 10.2 Å². The van der Waals surface area contributed by atoms with E-state index in [9.17, 15) is 22.8 Å². The molecule has 1 aromatic carbocycles. The molecule has 8 heteroatoms. The number of anilines is 1. The first-order valence-corrected chi connectivity index (χ1v) is 8.13.